The Bertz CT molecular complexity index is 430. The number of hydrogen-bond donors (Lipinski definition) is 2. The molecule has 94 valence electrons. The molecular weight excluding hydrogens is 238 g/mol. The van der Waals surface area contributed by atoms with E-state index in [9.17, 15) is 4.79 Å². The molecule has 1 aromatic rings. The number of nitrogen functional groups attached to an aromatic ring is 1. The van der Waals surface area contributed by atoms with E-state index in [1.165, 1.54) is 11.3 Å². The molecule has 0 aromatic carbocycles. The average Bonchev–Trinajstić information content (AvgIpc) is 2.70. The van der Waals surface area contributed by atoms with E-state index in [-0.39, 0.29) is 23.5 Å². The average molecular weight is 255 g/mol. The van der Waals surface area contributed by atoms with Gasteiger partial charge in [-0.15, -0.1) is 11.3 Å². The second kappa shape index (κ2) is 4.27. The number of amides is 1. The smallest absolute Gasteiger partial charge is 0.271 e. The van der Waals surface area contributed by atoms with Crippen molar-refractivity contribution < 1.29 is 9.53 Å². The van der Waals surface area contributed by atoms with E-state index in [2.05, 4.69) is 24.1 Å². The molecule has 2 atom stereocenters. The van der Waals surface area contributed by atoms with Gasteiger partial charge in [0, 0.05) is 23.9 Å². The Balaban J connectivity index is 1.97. The van der Waals surface area contributed by atoms with Crippen molar-refractivity contribution in [1.82, 2.24) is 10.3 Å². The van der Waals surface area contributed by atoms with Crippen molar-refractivity contribution in [2.45, 2.75) is 32.4 Å². The summed E-state index contributed by atoms with van der Waals surface area (Å²) in [5, 5.41) is 5.06. The van der Waals surface area contributed by atoms with Crippen molar-refractivity contribution in [3.8, 4) is 0 Å². The van der Waals surface area contributed by atoms with Crippen LogP contribution in [-0.2, 0) is 4.74 Å². The van der Waals surface area contributed by atoms with Crippen LogP contribution in [0.5, 0.6) is 0 Å². The molecule has 1 fully saturated rings. The summed E-state index contributed by atoms with van der Waals surface area (Å²) in [4.78, 5) is 15.8. The first-order chi connectivity index (χ1) is 7.95. The highest BCUT2D eigenvalue weighted by atomic mass is 32.1. The zero-order valence-electron chi connectivity index (χ0n) is 10.2. The molecule has 1 aliphatic carbocycles. The second-order valence-electron chi connectivity index (χ2n) is 4.88. The number of carbonyl (C=O) groups is 1. The van der Waals surface area contributed by atoms with E-state index in [1.54, 1.807) is 12.5 Å². The molecule has 0 radical (unpaired) electrons. The van der Waals surface area contributed by atoms with E-state index < -0.39 is 0 Å². The Morgan fingerprint density at radius 1 is 1.71 bits per heavy atom. The minimum atomic E-state index is -0.162. The fourth-order valence-electron chi connectivity index (χ4n) is 2.15. The van der Waals surface area contributed by atoms with Crippen LogP contribution in [0, 0.1) is 5.41 Å². The molecule has 0 spiro atoms. The van der Waals surface area contributed by atoms with Crippen LogP contribution in [-0.4, -0.2) is 30.1 Å². The Morgan fingerprint density at radius 3 is 2.88 bits per heavy atom. The largest absolute Gasteiger partial charge is 0.381 e. The Kier molecular flexibility index (Phi) is 3.09. The van der Waals surface area contributed by atoms with Crippen LogP contribution in [0.2, 0.25) is 0 Å². The van der Waals surface area contributed by atoms with Gasteiger partial charge in [-0.3, -0.25) is 4.79 Å². The number of nitrogens with one attached hydrogen (secondary N) is 1. The summed E-state index contributed by atoms with van der Waals surface area (Å²) in [6.07, 6.45) is 1.04. The molecule has 1 aliphatic rings. The van der Waals surface area contributed by atoms with Crippen LogP contribution in [0.4, 0.5) is 5.13 Å². The predicted octanol–water partition coefficient (Wildman–Crippen LogP) is 1.27. The highest BCUT2D eigenvalue weighted by molar-refractivity contribution is 7.13. The van der Waals surface area contributed by atoms with Crippen LogP contribution in [0.1, 0.15) is 30.8 Å². The first kappa shape index (κ1) is 12.3. The third-order valence-electron chi connectivity index (χ3n) is 3.52. The lowest BCUT2D eigenvalue weighted by molar-refractivity contribution is -0.0942. The van der Waals surface area contributed by atoms with Crippen molar-refractivity contribution in [1.29, 1.82) is 0 Å². The van der Waals surface area contributed by atoms with Gasteiger partial charge in [0.05, 0.1) is 6.10 Å². The van der Waals surface area contributed by atoms with E-state index in [0.29, 0.717) is 10.8 Å². The maximum absolute atomic E-state index is 11.9. The normalized spacial score (nSPS) is 26.3. The molecule has 2 rings (SSSR count). The zero-order chi connectivity index (χ0) is 12.6. The van der Waals surface area contributed by atoms with E-state index >= 15 is 0 Å². The summed E-state index contributed by atoms with van der Waals surface area (Å²) in [6.45, 7) is 4.18. The molecular formula is C11H17N3O2S. The van der Waals surface area contributed by atoms with Crippen LogP contribution >= 0.6 is 11.3 Å². The number of nitrogens with two attached hydrogens (primary N) is 1. The highest BCUT2D eigenvalue weighted by Crippen LogP contribution is 2.42. The molecule has 0 saturated heterocycles. The lowest BCUT2D eigenvalue weighted by Crippen LogP contribution is -2.61. The lowest BCUT2D eigenvalue weighted by atomic mass is 9.64. The van der Waals surface area contributed by atoms with Gasteiger partial charge in [0.15, 0.2) is 5.13 Å². The minimum absolute atomic E-state index is 0.0357. The minimum Gasteiger partial charge on any atom is -0.381 e. The van der Waals surface area contributed by atoms with E-state index in [1.807, 2.05) is 0 Å². The number of carbonyl (C=O) groups excluding carboxylic acids is 1. The zero-order valence-corrected chi connectivity index (χ0v) is 11.0. The van der Waals surface area contributed by atoms with E-state index in [4.69, 9.17) is 10.5 Å². The SMILES string of the molecule is COC1CC(NC(=O)c2csc(N)n2)C1(C)C. The van der Waals surface area contributed by atoms with Gasteiger partial charge in [-0.1, -0.05) is 13.8 Å². The molecule has 0 aliphatic heterocycles. The molecule has 1 aromatic heterocycles. The summed E-state index contributed by atoms with van der Waals surface area (Å²) in [5.74, 6) is -0.162. The van der Waals surface area contributed by atoms with Crippen molar-refractivity contribution in [2.75, 3.05) is 12.8 Å². The number of thiazole rings is 1. The fourth-order valence-corrected chi connectivity index (χ4v) is 2.70. The van der Waals surface area contributed by atoms with Crippen LogP contribution in [0.3, 0.4) is 0 Å². The molecule has 1 amide bonds. The molecule has 17 heavy (non-hydrogen) atoms. The third-order valence-corrected chi connectivity index (χ3v) is 4.20. The van der Waals surface area contributed by atoms with Gasteiger partial charge in [0.2, 0.25) is 0 Å². The lowest BCUT2D eigenvalue weighted by Gasteiger charge is -2.51. The number of aromatic nitrogens is 1. The summed E-state index contributed by atoms with van der Waals surface area (Å²) in [5.41, 5.74) is 5.85. The molecule has 1 saturated carbocycles. The standard InChI is InChI=1S/C11H17N3O2S/c1-11(2)7(4-8(11)16-3)14-9(15)6-5-17-10(12)13-6/h5,7-8H,4H2,1-3H3,(H2,12,13)(H,14,15). The van der Waals surface area contributed by atoms with Crippen molar-refractivity contribution >= 4 is 22.4 Å². The summed E-state index contributed by atoms with van der Waals surface area (Å²) in [7, 11) is 1.70. The van der Waals surface area contributed by atoms with Crippen molar-refractivity contribution in [3.63, 3.8) is 0 Å². The van der Waals surface area contributed by atoms with E-state index in [0.717, 1.165) is 6.42 Å². The Morgan fingerprint density at radius 2 is 2.41 bits per heavy atom. The van der Waals surface area contributed by atoms with Crippen molar-refractivity contribution in [2.24, 2.45) is 5.41 Å². The van der Waals surface area contributed by atoms with Crippen LogP contribution < -0.4 is 11.1 Å². The monoisotopic (exact) mass is 255 g/mol. The maximum Gasteiger partial charge on any atom is 0.271 e. The third kappa shape index (κ3) is 2.14. The summed E-state index contributed by atoms with van der Waals surface area (Å²) >= 11 is 1.27. The molecule has 0 bridgehead atoms. The van der Waals surface area contributed by atoms with Gasteiger partial charge in [-0.25, -0.2) is 4.98 Å². The number of methoxy groups -OCH3 is 1. The Hall–Kier alpha value is -1.14. The fraction of sp³-hybridized carbons (Fsp3) is 0.636. The number of hydrogen-bond acceptors (Lipinski definition) is 5. The van der Waals surface area contributed by atoms with Crippen LogP contribution in [0.15, 0.2) is 5.38 Å². The number of rotatable bonds is 3. The molecule has 5 nitrogen and oxygen atoms in total. The van der Waals surface area contributed by atoms with Gasteiger partial charge < -0.3 is 15.8 Å². The molecule has 2 unspecified atom stereocenters. The predicted molar refractivity (Wildman–Crippen MR) is 67.0 cm³/mol. The van der Waals surface area contributed by atoms with Gasteiger partial charge >= 0.3 is 0 Å². The number of ether oxygens (including phenoxy) is 1. The first-order valence-electron chi connectivity index (χ1n) is 5.49. The van der Waals surface area contributed by atoms with Crippen molar-refractivity contribution in [3.05, 3.63) is 11.1 Å². The highest BCUT2D eigenvalue weighted by Gasteiger charge is 2.49. The van der Waals surface area contributed by atoms with Gasteiger partial charge in [0.25, 0.3) is 5.91 Å². The van der Waals surface area contributed by atoms with Gasteiger partial charge in [-0.2, -0.15) is 0 Å². The quantitative estimate of drug-likeness (QED) is 0.852. The van der Waals surface area contributed by atoms with Gasteiger partial charge in [0.1, 0.15) is 5.69 Å². The molecule has 3 N–H and O–H groups in total. The second-order valence-corrected chi connectivity index (χ2v) is 5.77. The Labute approximate surface area is 104 Å². The topological polar surface area (TPSA) is 77.2 Å². The first-order valence-corrected chi connectivity index (χ1v) is 6.37. The maximum atomic E-state index is 11.9. The number of anilines is 1. The summed E-state index contributed by atoms with van der Waals surface area (Å²) < 4.78 is 5.34. The molecule has 6 heteroatoms. The van der Waals surface area contributed by atoms with Gasteiger partial charge in [-0.05, 0) is 6.42 Å². The molecule has 1 heterocycles. The number of nitrogens with zero attached hydrogens (tertiary/aromatic N) is 1. The van der Waals surface area contributed by atoms with Crippen LogP contribution in [0.25, 0.3) is 0 Å². The summed E-state index contributed by atoms with van der Waals surface area (Å²) in [6, 6.07) is 0.128.